The Bertz CT molecular complexity index is 729. The van der Waals surface area contributed by atoms with Crippen LogP contribution in [0, 0.1) is 6.92 Å². The van der Waals surface area contributed by atoms with E-state index in [-0.39, 0.29) is 6.79 Å². The standard InChI is InChI=1S/C18H22N4O2/c1-12-9-17(20-13-5-3-2-4-6-13)22-18(19-12)21-14-7-8-15-16(10-14)24-11-23-15/h7-10,13H,2-6,11H2,1H3,(H2,19,20,21,22). The van der Waals surface area contributed by atoms with E-state index in [1.54, 1.807) is 0 Å². The predicted molar refractivity (Wildman–Crippen MR) is 93.1 cm³/mol. The second-order valence-corrected chi connectivity index (χ2v) is 6.39. The van der Waals surface area contributed by atoms with Crippen LogP contribution in [0.4, 0.5) is 17.5 Å². The van der Waals surface area contributed by atoms with E-state index in [9.17, 15) is 0 Å². The minimum atomic E-state index is 0.273. The van der Waals surface area contributed by atoms with Crippen LogP contribution < -0.4 is 20.1 Å². The van der Waals surface area contributed by atoms with E-state index in [1.807, 2.05) is 31.2 Å². The van der Waals surface area contributed by atoms with Gasteiger partial charge in [0.15, 0.2) is 11.5 Å². The zero-order valence-corrected chi connectivity index (χ0v) is 13.8. The molecule has 6 nitrogen and oxygen atoms in total. The Hall–Kier alpha value is -2.50. The number of rotatable bonds is 4. The number of nitrogens with zero attached hydrogens (tertiary/aromatic N) is 2. The smallest absolute Gasteiger partial charge is 0.231 e. The summed E-state index contributed by atoms with van der Waals surface area (Å²) < 4.78 is 10.7. The van der Waals surface area contributed by atoms with Gasteiger partial charge < -0.3 is 20.1 Å². The van der Waals surface area contributed by atoms with E-state index < -0.39 is 0 Å². The van der Waals surface area contributed by atoms with Gasteiger partial charge in [0.2, 0.25) is 12.7 Å². The molecule has 6 heteroatoms. The molecule has 126 valence electrons. The fourth-order valence-corrected chi connectivity index (χ4v) is 3.26. The lowest BCUT2D eigenvalue weighted by molar-refractivity contribution is 0.174. The molecule has 2 heterocycles. The van der Waals surface area contributed by atoms with Crippen LogP contribution in [-0.2, 0) is 0 Å². The second kappa shape index (κ2) is 6.55. The molecule has 1 fully saturated rings. The Balaban J connectivity index is 1.50. The van der Waals surface area contributed by atoms with Gasteiger partial charge in [-0.2, -0.15) is 4.98 Å². The third kappa shape index (κ3) is 3.37. The molecule has 0 radical (unpaired) electrons. The van der Waals surface area contributed by atoms with Gasteiger partial charge in [0, 0.05) is 29.6 Å². The Morgan fingerprint density at radius 2 is 1.83 bits per heavy atom. The number of benzene rings is 1. The van der Waals surface area contributed by atoms with Gasteiger partial charge in [-0.05, 0) is 31.9 Å². The van der Waals surface area contributed by atoms with E-state index in [0.29, 0.717) is 12.0 Å². The zero-order chi connectivity index (χ0) is 16.4. The first-order valence-corrected chi connectivity index (χ1v) is 8.55. The van der Waals surface area contributed by atoms with Gasteiger partial charge in [0.1, 0.15) is 5.82 Å². The maximum Gasteiger partial charge on any atom is 0.231 e. The van der Waals surface area contributed by atoms with Crippen LogP contribution in [0.3, 0.4) is 0 Å². The molecule has 2 N–H and O–H groups in total. The topological polar surface area (TPSA) is 68.3 Å². The van der Waals surface area contributed by atoms with Crippen molar-refractivity contribution in [3.8, 4) is 11.5 Å². The third-order valence-electron chi connectivity index (χ3n) is 4.44. The molecule has 2 aromatic rings. The highest BCUT2D eigenvalue weighted by Crippen LogP contribution is 2.34. The van der Waals surface area contributed by atoms with Crippen molar-refractivity contribution in [2.45, 2.75) is 45.1 Å². The summed E-state index contributed by atoms with van der Waals surface area (Å²) in [6.07, 6.45) is 6.37. The van der Waals surface area contributed by atoms with Crippen LogP contribution in [-0.4, -0.2) is 22.8 Å². The zero-order valence-electron chi connectivity index (χ0n) is 13.8. The van der Waals surface area contributed by atoms with Crippen LogP contribution in [0.25, 0.3) is 0 Å². The molecule has 1 aromatic heterocycles. The molecule has 0 bridgehead atoms. The lowest BCUT2D eigenvalue weighted by Gasteiger charge is -2.23. The van der Waals surface area contributed by atoms with Gasteiger partial charge in [0.25, 0.3) is 0 Å². The highest BCUT2D eigenvalue weighted by atomic mass is 16.7. The first-order chi connectivity index (χ1) is 11.8. The van der Waals surface area contributed by atoms with E-state index in [2.05, 4.69) is 20.6 Å². The molecule has 0 amide bonds. The highest BCUT2D eigenvalue weighted by Gasteiger charge is 2.15. The van der Waals surface area contributed by atoms with Crippen molar-refractivity contribution < 1.29 is 9.47 Å². The molecule has 1 aromatic carbocycles. The van der Waals surface area contributed by atoms with Crippen molar-refractivity contribution in [1.29, 1.82) is 0 Å². The maximum absolute atomic E-state index is 5.41. The second-order valence-electron chi connectivity index (χ2n) is 6.39. The summed E-state index contributed by atoms with van der Waals surface area (Å²) in [6.45, 7) is 2.26. The lowest BCUT2D eigenvalue weighted by atomic mass is 9.95. The van der Waals surface area contributed by atoms with Gasteiger partial charge >= 0.3 is 0 Å². The van der Waals surface area contributed by atoms with Crippen molar-refractivity contribution in [1.82, 2.24) is 9.97 Å². The van der Waals surface area contributed by atoms with Crippen molar-refractivity contribution >= 4 is 17.5 Å². The molecule has 1 saturated carbocycles. The predicted octanol–water partition coefficient (Wildman–Crippen LogP) is 4.00. The largest absolute Gasteiger partial charge is 0.454 e. The van der Waals surface area contributed by atoms with Crippen LogP contribution >= 0.6 is 0 Å². The number of anilines is 3. The van der Waals surface area contributed by atoms with Crippen LogP contribution in [0.15, 0.2) is 24.3 Å². The Labute approximate surface area is 141 Å². The SMILES string of the molecule is Cc1cc(NC2CCCCC2)nc(Nc2ccc3c(c2)OCO3)n1. The van der Waals surface area contributed by atoms with Crippen molar-refractivity contribution in [2.75, 3.05) is 17.4 Å². The van der Waals surface area contributed by atoms with Crippen molar-refractivity contribution in [2.24, 2.45) is 0 Å². The summed E-state index contributed by atoms with van der Waals surface area (Å²) in [4.78, 5) is 9.09. The molecule has 0 saturated heterocycles. The maximum atomic E-state index is 5.41. The highest BCUT2D eigenvalue weighted by molar-refractivity contribution is 5.61. The van der Waals surface area contributed by atoms with Gasteiger partial charge in [-0.1, -0.05) is 19.3 Å². The number of aromatic nitrogens is 2. The van der Waals surface area contributed by atoms with Gasteiger partial charge in [0.05, 0.1) is 0 Å². The monoisotopic (exact) mass is 326 g/mol. The van der Waals surface area contributed by atoms with Crippen LogP contribution in [0.5, 0.6) is 11.5 Å². The lowest BCUT2D eigenvalue weighted by Crippen LogP contribution is -2.23. The molecule has 0 spiro atoms. The Morgan fingerprint density at radius 3 is 2.71 bits per heavy atom. The minimum absolute atomic E-state index is 0.273. The van der Waals surface area contributed by atoms with Crippen LogP contribution in [0.1, 0.15) is 37.8 Å². The molecule has 1 aliphatic heterocycles. The van der Waals surface area contributed by atoms with Gasteiger partial charge in [-0.3, -0.25) is 0 Å². The molecule has 0 unspecified atom stereocenters. The summed E-state index contributed by atoms with van der Waals surface area (Å²) in [6, 6.07) is 8.25. The average Bonchev–Trinajstić information content (AvgIpc) is 3.03. The third-order valence-corrected chi connectivity index (χ3v) is 4.44. The summed E-state index contributed by atoms with van der Waals surface area (Å²) in [5, 5.41) is 6.81. The van der Waals surface area contributed by atoms with Gasteiger partial charge in [-0.25, -0.2) is 4.98 Å². The van der Waals surface area contributed by atoms with Gasteiger partial charge in [-0.15, -0.1) is 0 Å². The average molecular weight is 326 g/mol. The normalized spacial score (nSPS) is 16.9. The Kier molecular flexibility index (Phi) is 4.11. The molecule has 1 aliphatic carbocycles. The van der Waals surface area contributed by atoms with Crippen molar-refractivity contribution in [3.63, 3.8) is 0 Å². The number of fused-ring (bicyclic) bond motifs is 1. The van der Waals surface area contributed by atoms with E-state index in [0.717, 1.165) is 28.7 Å². The summed E-state index contributed by atoms with van der Waals surface area (Å²) in [5.74, 6) is 2.99. The first-order valence-electron chi connectivity index (χ1n) is 8.55. The number of hydrogen-bond donors (Lipinski definition) is 2. The Morgan fingerprint density at radius 1 is 1.00 bits per heavy atom. The number of aryl methyl sites for hydroxylation is 1. The number of nitrogens with one attached hydrogen (secondary N) is 2. The minimum Gasteiger partial charge on any atom is -0.454 e. The summed E-state index contributed by atoms with van der Waals surface area (Å²) in [7, 11) is 0. The molecular formula is C18H22N4O2. The molecule has 0 atom stereocenters. The number of ether oxygens (including phenoxy) is 2. The fourth-order valence-electron chi connectivity index (χ4n) is 3.26. The summed E-state index contributed by atoms with van der Waals surface area (Å²) in [5.41, 5.74) is 1.82. The summed E-state index contributed by atoms with van der Waals surface area (Å²) >= 11 is 0. The molecule has 4 rings (SSSR count). The first kappa shape index (κ1) is 15.1. The van der Waals surface area contributed by atoms with E-state index in [1.165, 1.54) is 32.1 Å². The van der Waals surface area contributed by atoms with E-state index in [4.69, 9.17) is 9.47 Å². The fraction of sp³-hybridized carbons (Fsp3) is 0.444. The molecular weight excluding hydrogens is 304 g/mol. The van der Waals surface area contributed by atoms with Crippen molar-refractivity contribution in [3.05, 3.63) is 30.0 Å². The van der Waals surface area contributed by atoms with E-state index >= 15 is 0 Å². The number of hydrogen-bond acceptors (Lipinski definition) is 6. The van der Waals surface area contributed by atoms with Crippen LogP contribution in [0.2, 0.25) is 0 Å². The quantitative estimate of drug-likeness (QED) is 0.885. The molecule has 24 heavy (non-hydrogen) atoms. The molecule has 2 aliphatic rings.